The van der Waals surface area contributed by atoms with E-state index in [1.54, 1.807) is 7.11 Å². The molecule has 0 saturated carbocycles. The van der Waals surface area contributed by atoms with Crippen molar-refractivity contribution in [3.05, 3.63) is 59.2 Å². The van der Waals surface area contributed by atoms with Gasteiger partial charge in [-0.1, -0.05) is 24.3 Å². The quantitative estimate of drug-likeness (QED) is 0.880. The van der Waals surface area contributed by atoms with Crippen LogP contribution >= 0.6 is 0 Å². The molecular weight excluding hydrogens is 290 g/mol. The van der Waals surface area contributed by atoms with Crippen molar-refractivity contribution in [3.63, 3.8) is 0 Å². The highest BCUT2D eigenvalue weighted by Crippen LogP contribution is 2.30. The van der Waals surface area contributed by atoms with Crippen molar-refractivity contribution >= 4 is 5.91 Å². The molecule has 4 nitrogen and oxygen atoms in total. The van der Waals surface area contributed by atoms with Crippen LogP contribution in [0.4, 0.5) is 0 Å². The van der Waals surface area contributed by atoms with Gasteiger partial charge in [0.15, 0.2) is 11.5 Å². The lowest BCUT2D eigenvalue weighted by Gasteiger charge is -2.17. The molecule has 4 heteroatoms. The minimum atomic E-state index is -0.133. The predicted octanol–water partition coefficient (Wildman–Crippen LogP) is 3.89. The third kappa shape index (κ3) is 4.03. The standard InChI is InChI=1S/C19H23NO3/c1-5-23-17-11-10-15(12-18(17)22-4)14(3)20-19(21)16-9-7-6-8-13(16)2/h6-12,14H,5H2,1-4H3,(H,20,21). The summed E-state index contributed by atoms with van der Waals surface area (Å²) in [6, 6.07) is 13.1. The normalized spacial score (nSPS) is 11.7. The van der Waals surface area contributed by atoms with Crippen LogP contribution in [0.3, 0.4) is 0 Å². The lowest BCUT2D eigenvalue weighted by Crippen LogP contribution is -2.27. The number of carbonyl (C=O) groups is 1. The zero-order valence-electron chi connectivity index (χ0n) is 14.1. The van der Waals surface area contributed by atoms with Gasteiger partial charge in [-0.3, -0.25) is 4.79 Å². The molecule has 2 aromatic rings. The Morgan fingerprint density at radius 1 is 1.17 bits per heavy atom. The first-order chi connectivity index (χ1) is 11.1. The van der Waals surface area contributed by atoms with E-state index in [-0.39, 0.29) is 11.9 Å². The van der Waals surface area contributed by atoms with E-state index >= 15 is 0 Å². The summed E-state index contributed by atoms with van der Waals surface area (Å²) in [5.74, 6) is 1.29. The molecule has 0 bridgehead atoms. The zero-order chi connectivity index (χ0) is 16.8. The zero-order valence-corrected chi connectivity index (χ0v) is 14.1. The van der Waals surface area contributed by atoms with E-state index in [1.807, 2.05) is 63.2 Å². The molecule has 2 rings (SSSR count). The van der Waals surface area contributed by atoms with Crippen LogP contribution in [0.25, 0.3) is 0 Å². The molecule has 0 saturated heterocycles. The lowest BCUT2D eigenvalue weighted by molar-refractivity contribution is 0.0939. The second-order valence-corrected chi connectivity index (χ2v) is 5.35. The Morgan fingerprint density at radius 2 is 1.91 bits per heavy atom. The van der Waals surface area contributed by atoms with Crippen molar-refractivity contribution in [1.29, 1.82) is 0 Å². The van der Waals surface area contributed by atoms with Crippen LogP contribution in [0, 0.1) is 6.92 Å². The highest BCUT2D eigenvalue weighted by atomic mass is 16.5. The number of amides is 1. The van der Waals surface area contributed by atoms with E-state index in [2.05, 4.69) is 5.32 Å². The predicted molar refractivity (Wildman–Crippen MR) is 91.2 cm³/mol. The number of aryl methyl sites for hydroxylation is 1. The number of methoxy groups -OCH3 is 1. The first-order valence-electron chi connectivity index (χ1n) is 7.74. The monoisotopic (exact) mass is 313 g/mol. The third-order valence-electron chi connectivity index (χ3n) is 3.72. The molecule has 0 spiro atoms. The van der Waals surface area contributed by atoms with Crippen LogP contribution in [-0.2, 0) is 0 Å². The molecule has 0 aliphatic rings. The van der Waals surface area contributed by atoms with Gasteiger partial charge in [-0.05, 0) is 50.1 Å². The van der Waals surface area contributed by atoms with Crippen molar-refractivity contribution < 1.29 is 14.3 Å². The SMILES string of the molecule is CCOc1ccc(C(C)NC(=O)c2ccccc2C)cc1OC. The van der Waals surface area contributed by atoms with Crippen LogP contribution in [0.2, 0.25) is 0 Å². The van der Waals surface area contributed by atoms with E-state index in [9.17, 15) is 4.79 Å². The summed E-state index contributed by atoms with van der Waals surface area (Å²) in [6.45, 7) is 6.39. The summed E-state index contributed by atoms with van der Waals surface area (Å²) in [7, 11) is 1.61. The van der Waals surface area contributed by atoms with Crippen molar-refractivity contribution in [2.24, 2.45) is 0 Å². The van der Waals surface area contributed by atoms with Crippen molar-refractivity contribution in [3.8, 4) is 11.5 Å². The van der Waals surface area contributed by atoms with Crippen LogP contribution in [0.5, 0.6) is 11.5 Å². The maximum absolute atomic E-state index is 12.4. The fourth-order valence-corrected chi connectivity index (χ4v) is 2.41. The first-order valence-corrected chi connectivity index (χ1v) is 7.74. The fraction of sp³-hybridized carbons (Fsp3) is 0.316. The summed E-state index contributed by atoms with van der Waals surface area (Å²) in [5.41, 5.74) is 2.62. The maximum Gasteiger partial charge on any atom is 0.252 e. The highest BCUT2D eigenvalue weighted by molar-refractivity contribution is 5.95. The number of ether oxygens (including phenoxy) is 2. The van der Waals surface area contributed by atoms with Gasteiger partial charge >= 0.3 is 0 Å². The molecule has 122 valence electrons. The second-order valence-electron chi connectivity index (χ2n) is 5.35. The minimum Gasteiger partial charge on any atom is -0.493 e. The molecule has 2 aromatic carbocycles. The van der Waals surface area contributed by atoms with Gasteiger partial charge in [0, 0.05) is 5.56 Å². The van der Waals surface area contributed by atoms with Gasteiger partial charge in [0.1, 0.15) is 0 Å². The Morgan fingerprint density at radius 3 is 2.57 bits per heavy atom. The lowest BCUT2D eigenvalue weighted by atomic mass is 10.1. The first kappa shape index (κ1) is 16.9. The van der Waals surface area contributed by atoms with Gasteiger partial charge in [-0.25, -0.2) is 0 Å². The summed E-state index contributed by atoms with van der Waals surface area (Å²) in [4.78, 5) is 12.4. The molecule has 0 fully saturated rings. The van der Waals surface area contributed by atoms with Gasteiger partial charge in [0.25, 0.3) is 5.91 Å². The Kier molecular flexibility index (Phi) is 5.63. The molecule has 1 atom stereocenters. The molecule has 1 unspecified atom stereocenters. The Bertz CT molecular complexity index is 682. The summed E-state index contributed by atoms with van der Waals surface area (Å²) in [6.07, 6.45) is 0. The summed E-state index contributed by atoms with van der Waals surface area (Å²) in [5, 5.41) is 3.02. The maximum atomic E-state index is 12.4. The van der Waals surface area contributed by atoms with Crippen molar-refractivity contribution in [1.82, 2.24) is 5.32 Å². The number of hydrogen-bond acceptors (Lipinski definition) is 3. The highest BCUT2D eigenvalue weighted by Gasteiger charge is 2.15. The van der Waals surface area contributed by atoms with Gasteiger partial charge in [-0.15, -0.1) is 0 Å². The number of hydrogen-bond donors (Lipinski definition) is 1. The average molecular weight is 313 g/mol. The molecule has 1 amide bonds. The smallest absolute Gasteiger partial charge is 0.252 e. The van der Waals surface area contributed by atoms with Gasteiger partial charge in [-0.2, -0.15) is 0 Å². The Hall–Kier alpha value is -2.49. The number of rotatable bonds is 6. The van der Waals surface area contributed by atoms with E-state index < -0.39 is 0 Å². The third-order valence-corrected chi connectivity index (χ3v) is 3.72. The van der Waals surface area contributed by atoms with Crippen LogP contribution in [0.15, 0.2) is 42.5 Å². The van der Waals surface area contributed by atoms with Crippen LogP contribution in [0.1, 0.15) is 41.4 Å². The largest absolute Gasteiger partial charge is 0.493 e. The van der Waals surface area contributed by atoms with Crippen LogP contribution < -0.4 is 14.8 Å². The van der Waals surface area contributed by atoms with E-state index in [4.69, 9.17) is 9.47 Å². The number of nitrogens with one attached hydrogen (secondary N) is 1. The van der Waals surface area contributed by atoms with E-state index in [0.717, 1.165) is 11.1 Å². The number of benzene rings is 2. The molecule has 0 aliphatic carbocycles. The topological polar surface area (TPSA) is 47.6 Å². The Labute approximate surface area is 137 Å². The molecule has 23 heavy (non-hydrogen) atoms. The summed E-state index contributed by atoms with van der Waals surface area (Å²) < 4.78 is 10.9. The molecule has 0 heterocycles. The summed E-state index contributed by atoms with van der Waals surface area (Å²) >= 11 is 0. The molecule has 0 aliphatic heterocycles. The van der Waals surface area contributed by atoms with Gasteiger partial charge < -0.3 is 14.8 Å². The van der Waals surface area contributed by atoms with E-state index in [0.29, 0.717) is 23.7 Å². The minimum absolute atomic E-state index is 0.0801. The number of carbonyl (C=O) groups excluding carboxylic acids is 1. The fourth-order valence-electron chi connectivity index (χ4n) is 2.41. The molecule has 0 aromatic heterocycles. The van der Waals surface area contributed by atoms with Gasteiger partial charge in [0.05, 0.1) is 19.8 Å². The van der Waals surface area contributed by atoms with Gasteiger partial charge in [0.2, 0.25) is 0 Å². The Balaban J connectivity index is 2.16. The molecule has 0 radical (unpaired) electrons. The average Bonchev–Trinajstić information content (AvgIpc) is 2.55. The van der Waals surface area contributed by atoms with Crippen LogP contribution in [-0.4, -0.2) is 19.6 Å². The second kappa shape index (κ2) is 7.68. The molecule has 1 N–H and O–H groups in total. The van der Waals surface area contributed by atoms with Crippen molar-refractivity contribution in [2.75, 3.05) is 13.7 Å². The van der Waals surface area contributed by atoms with E-state index in [1.165, 1.54) is 0 Å². The molecular formula is C19H23NO3. The van der Waals surface area contributed by atoms with Crippen molar-refractivity contribution in [2.45, 2.75) is 26.8 Å².